The van der Waals surface area contributed by atoms with Gasteiger partial charge in [-0.2, -0.15) is 13.2 Å². The van der Waals surface area contributed by atoms with E-state index in [4.69, 9.17) is 9.47 Å². The Bertz CT molecular complexity index is 803. The smallest absolute Gasteiger partial charge is 0.416 e. The molecule has 2 aromatic carbocycles. The van der Waals surface area contributed by atoms with Crippen molar-refractivity contribution in [3.05, 3.63) is 59.7 Å². The van der Waals surface area contributed by atoms with Gasteiger partial charge in [-0.3, -0.25) is 4.79 Å². The summed E-state index contributed by atoms with van der Waals surface area (Å²) in [5, 5.41) is 2.59. The Hall–Kier alpha value is -3.03. The van der Waals surface area contributed by atoms with Gasteiger partial charge in [0.1, 0.15) is 5.75 Å². The van der Waals surface area contributed by atoms with E-state index in [9.17, 15) is 22.8 Å². The van der Waals surface area contributed by atoms with Gasteiger partial charge in [-0.1, -0.05) is 23.8 Å². The lowest BCUT2D eigenvalue weighted by molar-refractivity contribution is -0.155. The van der Waals surface area contributed by atoms with Crippen LogP contribution >= 0.6 is 0 Å². The molecule has 1 N–H and O–H groups in total. The van der Waals surface area contributed by atoms with Crippen molar-refractivity contribution in [3.63, 3.8) is 0 Å². The number of anilines is 1. The third-order valence-electron chi connectivity index (χ3n) is 3.51. The van der Waals surface area contributed by atoms with Crippen LogP contribution in [0.25, 0.3) is 0 Å². The Morgan fingerprint density at radius 2 is 1.78 bits per heavy atom. The Balaban J connectivity index is 1.84. The van der Waals surface area contributed by atoms with Crippen LogP contribution in [0.3, 0.4) is 0 Å². The zero-order valence-electron chi connectivity index (χ0n) is 14.7. The molecule has 0 aliphatic carbocycles. The maximum Gasteiger partial charge on any atom is 0.416 e. The quantitative estimate of drug-likeness (QED) is 0.770. The minimum atomic E-state index is -4.51. The van der Waals surface area contributed by atoms with Crippen molar-refractivity contribution < 1.29 is 32.2 Å². The highest BCUT2D eigenvalue weighted by molar-refractivity contribution is 5.95. The molecular weight excluding hydrogens is 363 g/mol. The first-order chi connectivity index (χ1) is 12.6. The molecule has 1 amide bonds. The molecule has 0 saturated carbocycles. The average Bonchev–Trinajstić information content (AvgIpc) is 2.61. The van der Waals surface area contributed by atoms with Crippen molar-refractivity contribution in [2.75, 3.05) is 11.9 Å². The SMILES string of the molecule is Cc1ccc(NC(=O)[C@H](C)OC(=O)COc2cccc(C(F)(F)F)c2)cc1. The summed E-state index contributed by atoms with van der Waals surface area (Å²) < 4.78 is 47.8. The summed E-state index contributed by atoms with van der Waals surface area (Å²) in [6, 6.07) is 11.2. The molecule has 0 aliphatic heterocycles. The second-order valence-electron chi connectivity index (χ2n) is 5.80. The van der Waals surface area contributed by atoms with Crippen molar-refractivity contribution in [2.24, 2.45) is 0 Å². The molecule has 0 radical (unpaired) electrons. The maximum absolute atomic E-state index is 12.6. The molecule has 0 bridgehead atoms. The van der Waals surface area contributed by atoms with Gasteiger partial charge in [-0.25, -0.2) is 4.79 Å². The van der Waals surface area contributed by atoms with Gasteiger partial charge in [0.2, 0.25) is 0 Å². The van der Waals surface area contributed by atoms with E-state index in [-0.39, 0.29) is 5.75 Å². The lowest BCUT2D eigenvalue weighted by Crippen LogP contribution is -2.31. The molecule has 0 unspecified atom stereocenters. The Morgan fingerprint density at radius 1 is 1.11 bits per heavy atom. The Kier molecular flexibility index (Phi) is 6.44. The molecule has 0 aliphatic rings. The lowest BCUT2D eigenvalue weighted by atomic mass is 10.2. The van der Waals surface area contributed by atoms with Gasteiger partial charge < -0.3 is 14.8 Å². The number of halogens is 3. The average molecular weight is 381 g/mol. The number of hydrogen-bond acceptors (Lipinski definition) is 4. The van der Waals surface area contributed by atoms with Gasteiger partial charge in [-0.05, 0) is 44.2 Å². The van der Waals surface area contributed by atoms with Crippen LogP contribution in [-0.4, -0.2) is 24.6 Å². The number of amides is 1. The van der Waals surface area contributed by atoms with Gasteiger partial charge in [0.15, 0.2) is 12.7 Å². The molecule has 27 heavy (non-hydrogen) atoms. The van der Waals surface area contributed by atoms with Crippen LogP contribution < -0.4 is 10.1 Å². The number of ether oxygens (including phenoxy) is 2. The summed E-state index contributed by atoms with van der Waals surface area (Å²) in [6.07, 6.45) is -5.61. The molecule has 144 valence electrons. The molecule has 0 fully saturated rings. The number of rotatable bonds is 6. The summed E-state index contributed by atoms with van der Waals surface area (Å²) in [5.41, 5.74) is 0.687. The number of aryl methyl sites for hydroxylation is 1. The van der Waals surface area contributed by atoms with Crippen LogP contribution in [0.1, 0.15) is 18.1 Å². The molecule has 0 aromatic heterocycles. The number of alkyl halides is 3. The van der Waals surface area contributed by atoms with Crippen molar-refractivity contribution in [1.29, 1.82) is 0 Å². The highest BCUT2D eigenvalue weighted by Gasteiger charge is 2.30. The van der Waals surface area contributed by atoms with Gasteiger partial charge in [0.05, 0.1) is 5.56 Å². The molecule has 8 heteroatoms. The molecule has 2 rings (SSSR count). The molecule has 0 spiro atoms. The first-order valence-corrected chi connectivity index (χ1v) is 8.02. The highest BCUT2D eigenvalue weighted by Crippen LogP contribution is 2.31. The molecule has 5 nitrogen and oxygen atoms in total. The number of benzene rings is 2. The first-order valence-electron chi connectivity index (χ1n) is 8.02. The van der Waals surface area contributed by atoms with Crippen molar-refractivity contribution in [1.82, 2.24) is 0 Å². The minimum absolute atomic E-state index is 0.126. The van der Waals surface area contributed by atoms with E-state index in [1.165, 1.54) is 19.1 Å². The summed E-state index contributed by atoms with van der Waals surface area (Å²) in [5.74, 6) is -1.54. The summed E-state index contributed by atoms with van der Waals surface area (Å²) in [4.78, 5) is 23.8. The molecule has 0 heterocycles. The number of esters is 1. The number of hydrogen-bond donors (Lipinski definition) is 1. The fourth-order valence-corrected chi connectivity index (χ4v) is 2.07. The first kappa shape index (κ1) is 20.3. The van der Waals surface area contributed by atoms with Crippen LogP contribution in [0.4, 0.5) is 18.9 Å². The number of carbonyl (C=O) groups excluding carboxylic acids is 2. The van der Waals surface area contributed by atoms with Gasteiger partial charge in [0, 0.05) is 5.69 Å². The van der Waals surface area contributed by atoms with Crippen LogP contribution in [-0.2, 0) is 20.5 Å². The Labute approximate surface area is 154 Å². The lowest BCUT2D eigenvalue weighted by Gasteiger charge is -2.14. The largest absolute Gasteiger partial charge is 0.482 e. The second-order valence-corrected chi connectivity index (χ2v) is 5.80. The predicted molar refractivity (Wildman–Crippen MR) is 92.3 cm³/mol. The van der Waals surface area contributed by atoms with Crippen LogP contribution in [0.15, 0.2) is 48.5 Å². The van der Waals surface area contributed by atoms with E-state index in [1.54, 1.807) is 12.1 Å². The van der Waals surface area contributed by atoms with Crippen molar-refractivity contribution >= 4 is 17.6 Å². The summed E-state index contributed by atoms with van der Waals surface area (Å²) >= 11 is 0. The minimum Gasteiger partial charge on any atom is -0.482 e. The second kappa shape index (κ2) is 8.57. The maximum atomic E-state index is 12.6. The van der Waals surface area contributed by atoms with E-state index >= 15 is 0 Å². The summed E-state index contributed by atoms with van der Waals surface area (Å²) in [7, 11) is 0. The fraction of sp³-hybridized carbons (Fsp3) is 0.263. The molecule has 2 aromatic rings. The van der Waals surface area contributed by atoms with Crippen molar-refractivity contribution in [2.45, 2.75) is 26.1 Å². The van der Waals surface area contributed by atoms with Gasteiger partial charge >= 0.3 is 12.1 Å². The molecule has 0 saturated heterocycles. The number of carbonyl (C=O) groups is 2. The standard InChI is InChI=1S/C19H18F3NO4/c1-12-6-8-15(9-7-12)23-18(25)13(2)27-17(24)11-26-16-5-3-4-14(10-16)19(20,21)22/h3-10,13H,11H2,1-2H3,(H,23,25)/t13-/m0/s1. The van der Waals surface area contributed by atoms with E-state index in [0.717, 1.165) is 17.7 Å². The van der Waals surface area contributed by atoms with E-state index in [1.807, 2.05) is 19.1 Å². The normalized spacial score (nSPS) is 12.2. The topological polar surface area (TPSA) is 64.6 Å². The van der Waals surface area contributed by atoms with Crippen molar-refractivity contribution in [3.8, 4) is 5.75 Å². The Morgan fingerprint density at radius 3 is 2.41 bits per heavy atom. The zero-order chi connectivity index (χ0) is 20.0. The molecular formula is C19H18F3NO4. The van der Waals surface area contributed by atoms with Gasteiger partial charge in [-0.15, -0.1) is 0 Å². The third-order valence-corrected chi connectivity index (χ3v) is 3.51. The van der Waals surface area contributed by atoms with Crippen LogP contribution in [0.5, 0.6) is 5.75 Å². The fourth-order valence-electron chi connectivity index (χ4n) is 2.07. The van der Waals surface area contributed by atoms with E-state index in [2.05, 4.69) is 5.32 Å². The monoisotopic (exact) mass is 381 g/mol. The molecule has 1 atom stereocenters. The summed E-state index contributed by atoms with van der Waals surface area (Å²) in [6.45, 7) is 2.66. The number of nitrogens with one attached hydrogen (secondary N) is 1. The third kappa shape index (κ3) is 6.32. The zero-order valence-corrected chi connectivity index (χ0v) is 14.7. The van der Waals surface area contributed by atoms with E-state index in [0.29, 0.717) is 5.69 Å². The van der Waals surface area contributed by atoms with Crippen LogP contribution in [0.2, 0.25) is 0 Å². The highest BCUT2D eigenvalue weighted by atomic mass is 19.4. The van der Waals surface area contributed by atoms with Crippen LogP contribution in [0, 0.1) is 6.92 Å². The van der Waals surface area contributed by atoms with E-state index < -0.39 is 36.3 Å². The predicted octanol–water partition coefficient (Wildman–Crippen LogP) is 3.96. The van der Waals surface area contributed by atoms with Gasteiger partial charge in [0.25, 0.3) is 5.91 Å².